The number of hydrogen-bond acceptors (Lipinski definition) is 5. The van der Waals surface area contributed by atoms with Crippen LogP contribution < -0.4 is 15.0 Å². The fourth-order valence-corrected chi connectivity index (χ4v) is 5.12. The highest BCUT2D eigenvalue weighted by Crippen LogP contribution is 2.39. The molecule has 2 aromatic rings. The zero-order chi connectivity index (χ0) is 16.3. The Morgan fingerprint density at radius 2 is 2.21 bits per heavy atom. The number of nitrogens with zero attached hydrogens (tertiary/aromatic N) is 3. The van der Waals surface area contributed by atoms with Crippen molar-refractivity contribution in [1.29, 1.82) is 0 Å². The van der Waals surface area contributed by atoms with Crippen LogP contribution in [-0.4, -0.2) is 54.7 Å². The van der Waals surface area contributed by atoms with Gasteiger partial charge in [-0.2, -0.15) is 0 Å². The molecule has 2 unspecified atom stereocenters. The van der Waals surface area contributed by atoms with Crippen LogP contribution >= 0.6 is 11.3 Å². The van der Waals surface area contributed by atoms with Gasteiger partial charge in [-0.15, -0.1) is 0 Å². The molecule has 2 amide bonds. The Bertz CT molecular complexity index is 820. The molecule has 2 atom stereocenters. The highest BCUT2D eigenvalue weighted by molar-refractivity contribution is 7.22. The number of fused-ring (bicyclic) bond motifs is 4. The maximum absolute atomic E-state index is 12.6. The first-order valence-electron chi connectivity index (χ1n) is 8.54. The molecule has 3 aliphatic heterocycles. The largest absolute Gasteiger partial charge is 0.493 e. The highest BCUT2D eigenvalue weighted by Gasteiger charge is 2.42. The summed E-state index contributed by atoms with van der Waals surface area (Å²) in [5.41, 5.74) is 2.19. The summed E-state index contributed by atoms with van der Waals surface area (Å²) >= 11 is 1.61. The first kappa shape index (κ1) is 14.5. The fraction of sp³-hybridized carbons (Fsp3) is 0.529. The van der Waals surface area contributed by atoms with E-state index >= 15 is 0 Å². The number of ether oxygens (including phenoxy) is 1. The quantitative estimate of drug-likeness (QED) is 0.862. The minimum atomic E-state index is 0.00139. The Morgan fingerprint density at radius 3 is 3.12 bits per heavy atom. The van der Waals surface area contributed by atoms with Gasteiger partial charge in [0, 0.05) is 12.0 Å². The normalized spacial score (nSPS) is 26.9. The van der Waals surface area contributed by atoms with Crippen LogP contribution in [0.1, 0.15) is 18.4 Å². The number of thiazole rings is 1. The number of rotatable bonds is 1. The van der Waals surface area contributed by atoms with Crippen molar-refractivity contribution >= 4 is 32.7 Å². The van der Waals surface area contributed by atoms with Crippen molar-refractivity contribution in [2.45, 2.75) is 31.3 Å². The van der Waals surface area contributed by atoms with Crippen LogP contribution in [0, 0.1) is 0 Å². The Balaban J connectivity index is 1.55. The van der Waals surface area contributed by atoms with Gasteiger partial charge in [-0.1, -0.05) is 11.3 Å². The third-order valence-corrected chi connectivity index (χ3v) is 6.40. The van der Waals surface area contributed by atoms with Crippen molar-refractivity contribution in [2.24, 2.45) is 0 Å². The Labute approximate surface area is 144 Å². The van der Waals surface area contributed by atoms with Gasteiger partial charge in [-0.05, 0) is 45.1 Å². The maximum Gasteiger partial charge on any atom is 0.324 e. The number of carbonyl (C=O) groups is 1. The summed E-state index contributed by atoms with van der Waals surface area (Å²) in [7, 11) is 2.15. The fourth-order valence-electron chi connectivity index (χ4n) is 4.06. The van der Waals surface area contributed by atoms with Crippen LogP contribution in [0.5, 0.6) is 5.75 Å². The van der Waals surface area contributed by atoms with E-state index in [0.717, 1.165) is 60.1 Å². The second kappa shape index (κ2) is 5.32. The predicted octanol–water partition coefficient (Wildman–Crippen LogP) is 2.22. The van der Waals surface area contributed by atoms with Gasteiger partial charge in [0.1, 0.15) is 5.75 Å². The molecule has 0 saturated carbocycles. The molecule has 0 aliphatic carbocycles. The van der Waals surface area contributed by atoms with E-state index in [4.69, 9.17) is 9.72 Å². The number of amides is 2. The van der Waals surface area contributed by atoms with Gasteiger partial charge in [-0.25, -0.2) is 9.78 Å². The molecule has 0 bridgehead atoms. The van der Waals surface area contributed by atoms with E-state index in [1.807, 2.05) is 11.0 Å². The number of benzene rings is 1. The zero-order valence-corrected chi connectivity index (χ0v) is 14.4. The van der Waals surface area contributed by atoms with Gasteiger partial charge in [-0.3, -0.25) is 4.90 Å². The average Bonchev–Trinajstić information content (AvgIpc) is 3.23. The number of likely N-dealkylation sites (tertiary alicyclic amines) is 1. The second-order valence-corrected chi connectivity index (χ2v) is 7.87. The van der Waals surface area contributed by atoms with Gasteiger partial charge in [0.2, 0.25) is 0 Å². The smallest absolute Gasteiger partial charge is 0.324 e. The van der Waals surface area contributed by atoms with Crippen molar-refractivity contribution < 1.29 is 9.53 Å². The van der Waals surface area contributed by atoms with E-state index < -0.39 is 0 Å². The zero-order valence-electron chi connectivity index (χ0n) is 13.6. The predicted molar refractivity (Wildman–Crippen MR) is 94.1 cm³/mol. The van der Waals surface area contributed by atoms with Crippen LogP contribution in [0.15, 0.2) is 12.1 Å². The van der Waals surface area contributed by atoms with E-state index in [2.05, 4.69) is 23.3 Å². The van der Waals surface area contributed by atoms with E-state index in [1.165, 1.54) is 5.56 Å². The number of anilines is 1. The Hall–Kier alpha value is -1.86. The molecule has 2 fully saturated rings. The van der Waals surface area contributed by atoms with Crippen LogP contribution in [-0.2, 0) is 6.42 Å². The summed E-state index contributed by atoms with van der Waals surface area (Å²) in [6.07, 6.45) is 2.88. The minimum absolute atomic E-state index is 0.00139. The lowest BCUT2D eigenvalue weighted by Gasteiger charge is -2.22. The Kier molecular flexibility index (Phi) is 3.21. The van der Waals surface area contributed by atoms with E-state index in [0.29, 0.717) is 0 Å². The topological polar surface area (TPSA) is 57.7 Å². The minimum Gasteiger partial charge on any atom is -0.493 e. The molecular weight excluding hydrogens is 324 g/mol. The molecule has 7 heteroatoms. The molecule has 1 N–H and O–H groups in total. The first-order valence-corrected chi connectivity index (χ1v) is 9.36. The lowest BCUT2D eigenvalue weighted by Crippen LogP contribution is -2.37. The summed E-state index contributed by atoms with van der Waals surface area (Å²) in [5.74, 6) is 0.944. The summed E-state index contributed by atoms with van der Waals surface area (Å²) in [6, 6.07) is 4.52. The molecule has 126 valence electrons. The standard InChI is InChI=1S/C17H20N4O2S/c1-20-7-4-11-12(5-8-20)21(16(22)18-11)17-19-15-10-6-9-23-13(10)2-3-14(15)24-17/h2-3,11-12H,4-9H2,1H3,(H,18,22). The number of nitrogens with one attached hydrogen (secondary N) is 1. The summed E-state index contributed by atoms with van der Waals surface area (Å²) in [4.78, 5) is 21.7. The molecular formula is C17H20N4O2S. The van der Waals surface area contributed by atoms with Crippen molar-refractivity contribution in [3.05, 3.63) is 17.7 Å². The van der Waals surface area contributed by atoms with Gasteiger partial charge < -0.3 is 15.0 Å². The van der Waals surface area contributed by atoms with Crippen LogP contribution in [0.25, 0.3) is 10.2 Å². The van der Waals surface area contributed by atoms with Crippen LogP contribution in [0.2, 0.25) is 0 Å². The summed E-state index contributed by atoms with van der Waals surface area (Å²) in [6.45, 7) is 2.77. The second-order valence-electron chi connectivity index (χ2n) is 6.86. The molecule has 24 heavy (non-hydrogen) atoms. The molecule has 5 rings (SSSR count). The highest BCUT2D eigenvalue weighted by atomic mass is 32.1. The van der Waals surface area contributed by atoms with Crippen LogP contribution in [0.4, 0.5) is 9.93 Å². The number of hydrogen-bond donors (Lipinski definition) is 1. The van der Waals surface area contributed by atoms with Gasteiger partial charge in [0.05, 0.1) is 28.9 Å². The Morgan fingerprint density at radius 1 is 1.33 bits per heavy atom. The van der Waals surface area contributed by atoms with Gasteiger partial charge in [0.15, 0.2) is 5.13 Å². The molecule has 1 aromatic heterocycles. The molecule has 1 aromatic carbocycles. The van der Waals surface area contributed by atoms with Crippen molar-refractivity contribution in [1.82, 2.24) is 15.2 Å². The van der Waals surface area contributed by atoms with E-state index in [-0.39, 0.29) is 18.1 Å². The van der Waals surface area contributed by atoms with Gasteiger partial charge >= 0.3 is 6.03 Å². The van der Waals surface area contributed by atoms with E-state index in [9.17, 15) is 4.79 Å². The lowest BCUT2D eigenvalue weighted by molar-refractivity contribution is 0.249. The van der Waals surface area contributed by atoms with Crippen molar-refractivity contribution in [3.8, 4) is 5.75 Å². The number of urea groups is 1. The molecule has 6 nitrogen and oxygen atoms in total. The first-order chi connectivity index (χ1) is 11.7. The number of carbonyl (C=O) groups excluding carboxylic acids is 1. The maximum atomic E-state index is 12.6. The third-order valence-electron chi connectivity index (χ3n) is 5.38. The monoisotopic (exact) mass is 344 g/mol. The molecule has 3 aliphatic rings. The summed E-state index contributed by atoms with van der Waals surface area (Å²) < 4.78 is 6.78. The molecule has 0 spiro atoms. The van der Waals surface area contributed by atoms with E-state index in [1.54, 1.807) is 11.3 Å². The van der Waals surface area contributed by atoms with Gasteiger partial charge in [0.25, 0.3) is 0 Å². The molecule has 0 radical (unpaired) electrons. The third kappa shape index (κ3) is 2.11. The van der Waals surface area contributed by atoms with Crippen molar-refractivity contribution in [2.75, 3.05) is 31.6 Å². The molecule has 4 heterocycles. The van der Waals surface area contributed by atoms with Crippen molar-refractivity contribution in [3.63, 3.8) is 0 Å². The number of aromatic nitrogens is 1. The van der Waals surface area contributed by atoms with Crippen LogP contribution in [0.3, 0.4) is 0 Å². The lowest BCUT2D eigenvalue weighted by atomic mass is 10.0. The SMILES string of the molecule is CN1CCC2NC(=O)N(c3nc4c5c(ccc4s3)OCC5)C2CC1. The summed E-state index contributed by atoms with van der Waals surface area (Å²) in [5, 5.41) is 3.98. The molecule has 2 saturated heterocycles. The average molecular weight is 344 g/mol.